The summed E-state index contributed by atoms with van der Waals surface area (Å²) in [6.45, 7) is 1.40. The fourth-order valence-electron chi connectivity index (χ4n) is 1.64. The van der Waals surface area contributed by atoms with Crippen LogP contribution in [0.4, 0.5) is 5.69 Å². The molecule has 2 rings (SSSR count). The molecule has 1 aromatic carbocycles. The second-order valence-electron chi connectivity index (χ2n) is 3.92. The molecule has 18 heavy (non-hydrogen) atoms. The topological polar surface area (TPSA) is 50.1 Å². The van der Waals surface area contributed by atoms with E-state index in [4.69, 9.17) is 5.11 Å². The minimum Gasteiger partial charge on any atom is -0.394 e. The van der Waals surface area contributed by atoms with Gasteiger partial charge in [-0.1, -0.05) is 0 Å². The first kappa shape index (κ1) is 13.0. The van der Waals surface area contributed by atoms with E-state index in [2.05, 4.69) is 40.9 Å². The molecule has 4 nitrogen and oxygen atoms in total. The van der Waals surface area contributed by atoms with Gasteiger partial charge in [0.2, 0.25) is 0 Å². The van der Waals surface area contributed by atoms with Gasteiger partial charge in [0.15, 0.2) is 0 Å². The van der Waals surface area contributed by atoms with Crippen molar-refractivity contribution in [1.82, 2.24) is 9.78 Å². The van der Waals surface area contributed by atoms with Crippen LogP contribution in [-0.4, -0.2) is 27.7 Å². The molecular formula is C13H17N3OS. The number of rotatable bonds is 6. The van der Waals surface area contributed by atoms with E-state index < -0.39 is 0 Å². The standard InChI is InChI=1S/C13H17N3OS/c1-18-13-4-2-12(3-5-13)14-8-11-9-15-16(10-11)6-7-17/h2-5,9-10,14,17H,6-8H2,1H3. The molecule has 96 valence electrons. The number of nitrogens with one attached hydrogen (secondary N) is 1. The number of thioether (sulfide) groups is 1. The van der Waals surface area contributed by atoms with Gasteiger partial charge in [0, 0.05) is 28.9 Å². The number of benzene rings is 1. The Morgan fingerprint density at radius 3 is 2.78 bits per heavy atom. The van der Waals surface area contributed by atoms with Gasteiger partial charge in [-0.05, 0) is 30.5 Å². The van der Waals surface area contributed by atoms with Crippen molar-refractivity contribution in [3.8, 4) is 0 Å². The molecule has 0 atom stereocenters. The second-order valence-corrected chi connectivity index (χ2v) is 4.80. The van der Waals surface area contributed by atoms with E-state index in [-0.39, 0.29) is 6.61 Å². The highest BCUT2D eigenvalue weighted by molar-refractivity contribution is 7.98. The van der Waals surface area contributed by atoms with Crippen LogP contribution in [0.5, 0.6) is 0 Å². The number of anilines is 1. The molecule has 1 heterocycles. The molecule has 0 unspecified atom stereocenters. The SMILES string of the molecule is CSc1ccc(NCc2cnn(CCO)c2)cc1. The number of hydrogen-bond donors (Lipinski definition) is 2. The zero-order chi connectivity index (χ0) is 12.8. The van der Waals surface area contributed by atoms with Gasteiger partial charge in [0.1, 0.15) is 0 Å². The lowest BCUT2D eigenvalue weighted by atomic mass is 10.3. The fourth-order valence-corrected chi connectivity index (χ4v) is 2.04. The normalized spacial score (nSPS) is 10.6. The van der Waals surface area contributed by atoms with Gasteiger partial charge in [-0.25, -0.2) is 0 Å². The molecule has 0 saturated carbocycles. The van der Waals surface area contributed by atoms with Gasteiger partial charge < -0.3 is 10.4 Å². The lowest BCUT2D eigenvalue weighted by molar-refractivity contribution is 0.269. The minimum atomic E-state index is 0.116. The van der Waals surface area contributed by atoms with Crippen LogP contribution in [0.3, 0.4) is 0 Å². The van der Waals surface area contributed by atoms with Crippen LogP contribution in [-0.2, 0) is 13.1 Å². The van der Waals surface area contributed by atoms with E-state index in [1.54, 1.807) is 16.4 Å². The Morgan fingerprint density at radius 2 is 2.11 bits per heavy atom. The fraction of sp³-hybridized carbons (Fsp3) is 0.308. The zero-order valence-corrected chi connectivity index (χ0v) is 11.2. The molecule has 0 fully saturated rings. The summed E-state index contributed by atoms with van der Waals surface area (Å²) in [5.74, 6) is 0. The maximum absolute atomic E-state index is 8.81. The van der Waals surface area contributed by atoms with E-state index in [9.17, 15) is 0 Å². The predicted molar refractivity (Wildman–Crippen MR) is 74.9 cm³/mol. The van der Waals surface area contributed by atoms with Crippen molar-refractivity contribution in [2.45, 2.75) is 18.0 Å². The molecule has 2 aromatic rings. The molecular weight excluding hydrogens is 246 g/mol. The summed E-state index contributed by atoms with van der Waals surface area (Å²) in [7, 11) is 0. The lowest BCUT2D eigenvalue weighted by Gasteiger charge is -2.05. The van der Waals surface area contributed by atoms with E-state index in [1.807, 2.05) is 12.4 Å². The molecule has 0 bridgehead atoms. The molecule has 0 saturated heterocycles. The Bertz CT molecular complexity index is 481. The second kappa shape index (κ2) is 6.47. The van der Waals surface area contributed by atoms with Crippen LogP contribution >= 0.6 is 11.8 Å². The Balaban J connectivity index is 1.89. The number of hydrogen-bond acceptors (Lipinski definition) is 4. The third kappa shape index (κ3) is 3.51. The molecule has 0 aliphatic carbocycles. The van der Waals surface area contributed by atoms with Gasteiger partial charge in [0.05, 0.1) is 19.3 Å². The summed E-state index contributed by atoms with van der Waals surface area (Å²) < 4.78 is 1.74. The van der Waals surface area contributed by atoms with Gasteiger partial charge in [-0.15, -0.1) is 11.8 Å². The predicted octanol–water partition coefficient (Wildman–Crippen LogP) is 2.21. The quantitative estimate of drug-likeness (QED) is 0.785. The molecule has 1 aromatic heterocycles. The van der Waals surface area contributed by atoms with Crippen LogP contribution in [0.1, 0.15) is 5.56 Å². The van der Waals surface area contributed by atoms with Crippen LogP contribution in [0.25, 0.3) is 0 Å². The van der Waals surface area contributed by atoms with Gasteiger partial charge in [-0.3, -0.25) is 4.68 Å². The van der Waals surface area contributed by atoms with Crippen molar-refractivity contribution in [2.75, 3.05) is 18.2 Å². The lowest BCUT2D eigenvalue weighted by Crippen LogP contribution is -2.02. The monoisotopic (exact) mass is 263 g/mol. The van der Waals surface area contributed by atoms with Crippen LogP contribution in [0.2, 0.25) is 0 Å². The average molecular weight is 263 g/mol. The summed E-state index contributed by atoms with van der Waals surface area (Å²) >= 11 is 1.74. The minimum absolute atomic E-state index is 0.116. The number of nitrogens with zero attached hydrogens (tertiary/aromatic N) is 2. The van der Waals surface area contributed by atoms with Gasteiger partial charge in [-0.2, -0.15) is 5.10 Å². The number of aliphatic hydroxyl groups is 1. The first-order valence-corrected chi connectivity index (χ1v) is 7.04. The Labute approximate surface area is 111 Å². The molecule has 0 radical (unpaired) electrons. The third-order valence-corrected chi connectivity index (χ3v) is 3.35. The molecule has 5 heteroatoms. The van der Waals surface area contributed by atoms with Gasteiger partial charge >= 0.3 is 0 Å². The number of aromatic nitrogens is 2. The van der Waals surface area contributed by atoms with E-state index >= 15 is 0 Å². The number of aliphatic hydroxyl groups excluding tert-OH is 1. The molecule has 0 aliphatic heterocycles. The molecule has 0 aliphatic rings. The summed E-state index contributed by atoms with van der Waals surface area (Å²) in [5, 5.41) is 16.3. The Kier molecular flexibility index (Phi) is 4.66. The van der Waals surface area contributed by atoms with Crippen molar-refractivity contribution in [3.63, 3.8) is 0 Å². The van der Waals surface area contributed by atoms with Crippen molar-refractivity contribution in [3.05, 3.63) is 42.2 Å². The highest BCUT2D eigenvalue weighted by atomic mass is 32.2. The average Bonchev–Trinajstić information content (AvgIpc) is 2.85. The first-order valence-electron chi connectivity index (χ1n) is 5.82. The van der Waals surface area contributed by atoms with Crippen molar-refractivity contribution >= 4 is 17.4 Å². The largest absolute Gasteiger partial charge is 0.394 e. The van der Waals surface area contributed by atoms with Crippen LogP contribution in [0.15, 0.2) is 41.6 Å². The van der Waals surface area contributed by atoms with E-state index in [0.717, 1.165) is 17.8 Å². The summed E-state index contributed by atoms with van der Waals surface area (Å²) in [4.78, 5) is 1.26. The third-order valence-electron chi connectivity index (χ3n) is 2.60. The maximum atomic E-state index is 8.81. The molecule has 2 N–H and O–H groups in total. The maximum Gasteiger partial charge on any atom is 0.0640 e. The highest BCUT2D eigenvalue weighted by Gasteiger charge is 1.98. The first-order chi connectivity index (χ1) is 8.81. The van der Waals surface area contributed by atoms with E-state index in [0.29, 0.717) is 6.54 Å². The zero-order valence-electron chi connectivity index (χ0n) is 10.3. The van der Waals surface area contributed by atoms with Crippen molar-refractivity contribution < 1.29 is 5.11 Å². The van der Waals surface area contributed by atoms with Crippen LogP contribution < -0.4 is 5.32 Å². The van der Waals surface area contributed by atoms with Crippen LogP contribution in [0, 0.1) is 0 Å². The van der Waals surface area contributed by atoms with Crippen molar-refractivity contribution in [1.29, 1.82) is 0 Å². The molecule has 0 amide bonds. The summed E-state index contributed by atoms with van der Waals surface area (Å²) in [6.07, 6.45) is 5.83. The van der Waals surface area contributed by atoms with Gasteiger partial charge in [0.25, 0.3) is 0 Å². The molecule has 0 spiro atoms. The van der Waals surface area contributed by atoms with Crippen molar-refractivity contribution in [2.24, 2.45) is 0 Å². The smallest absolute Gasteiger partial charge is 0.0640 e. The highest BCUT2D eigenvalue weighted by Crippen LogP contribution is 2.17. The summed E-state index contributed by atoms with van der Waals surface area (Å²) in [5.41, 5.74) is 2.21. The Morgan fingerprint density at radius 1 is 1.33 bits per heavy atom. The summed E-state index contributed by atoms with van der Waals surface area (Å²) in [6, 6.07) is 8.35. The van der Waals surface area contributed by atoms with E-state index in [1.165, 1.54) is 4.90 Å². The Hall–Kier alpha value is -1.46.